The molecule has 2 rings (SSSR count). The van der Waals surface area contributed by atoms with E-state index in [0.717, 1.165) is 11.1 Å². The number of nitrogen functional groups attached to an aromatic ring is 1. The summed E-state index contributed by atoms with van der Waals surface area (Å²) in [7, 11) is 0. The van der Waals surface area contributed by atoms with E-state index in [0.29, 0.717) is 16.3 Å². The largest absolute Gasteiger partial charge is 0.398 e. The van der Waals surface area contributed by atoms with E-state index in [4.69, 9.17) is 23.2 Å². The van der Waals surface area contributed by atoms with E-state index in [2.05, 4.69) is 5.43 Å². The Bertz CT molecular complexity index is 601. The van der Waals surface area contributed by atoms with Crippen LogP contribution in [-0.4, -0.2) is 0 Å². The molecule has 0 radical (unpaired) electrons. The first-order valence-electron chi connectivity index (χ1n) is 5.80. The molecule has 0 heterocycles. The van der Waals surface area contributed by atoms with Crippen LogP contribution in [0.1, 0.15) is 22.7 Å². The van der Waals surface area contributed by atoms with Crippen LogP contribution in [0.4, 0.5) is 10.1 Å². The molecule has 3 nitrogen and oxygen atoms in total. The predicted molar refractivity (Wildman–Crippen MR) is 76.2 cm³/mol. The minimum absolute atomic E-state index is 0.247. The molecule has 2 aromatic carbocycles. The average molecular weight is 280 g/mol. The molecule has 0 aliphatic rings. The van der Waals surface area contributed by atoms with E-state index in [1.165, 1.54) is 6.07 Å². The van der Waals surface area contributed by atoms with E-state index in [-0.39, 0.29) is 11.9 Å². The van der Waals surface area contributed by atoms with Crippen molar-refractivity contribution in [2.24, 2.45) is 5.84 Å². The van der Waals surface area contributed by atoms with E-state index < -0.39 is 0 Å². The summed E-state index contributed by atoms with van der Waals surface area (Å²) in [6.45, 7) is 1.71. The van der Waals surface area contributed by atoms with Gasteiger partial charge in [-0.2, -0.15) is 0 Å². The summed E-state index contributed by atoms with van der Waals surface area (Å²) in [5.74, 6) is 5.35. The van der Waals surface area contributed by atoms with Gasteiger partial charge >= 0.3 is 0 Å². The fourth-order valence-corrected chi connectivity index (χ4v) is 2.20. The normalized spacial score (nSPS) is 12.4. The van der Waals surface area contributed by atoms with Gasteiger partial charge in [0.2, 0.25) is 0 Å². The molecule has 0 bridgehead atoms. The highest BCUT2D eigenvalue weighted by Crippen LogP contribution is 2.29. The zero-order valence-electron chi connectivity index (χ0n) is 10.5. The van der Waals surface area contributed by atoms with Gasteiger partial charge in [0.1, 0.15) is 5.82 Å². The van der Waals surface area contributed by atoms with E-state index >= 15 is 0 Å². The number of anilines is 1. The lowest BCUT2D eigenvalue weighted by molar-refractivity contribution is 0.608. The maximum absolute atomic E-state index is 13.3. The van der Waals surface area contributed by atoms with Crippen LogP contribution in [0.2, 0.25) is 5.02 Å². The second-order valence-electron chi connectivity index (χ2n) is 4.38. The molecule has 0 saturated carbocycles. The molecule has 1 unspecified atom stereocenters. The Hall–Kier alpha value is -1.62. The number of rotatable bonds is 3. The van der Waals surface area contributed by atoms with Crippen LogP contribution in [-0.2, 0) is 0 Å². The van der Waals surface area contributed by atoms with Crippen molar-refractivity contribution < 1.29 is 4.39 Å². The quantitative estimate of drug-likeness (QED) is 0.460. The number of hydrazine groups is 1. The fourth-order valence-electron chi connectivity index (χ4n) is 2.02. The molecular formula is C14H15ClFN3. The van der Waals surface area contributed by atoms with E-state index in [1.807, 2.05) is 0 Å². The maximum Gasteiger partial charge on any atom is 0.126 e. The van der Waals surface area contributed by atoms with Crippen LogP contribution < -0.4 is 17.0 Å². The molecule has 0 spiro atoms. The Labute approximate surface area is 116 Å². The van der Waals surface area contributed by atoms with Crippen LogP contribution >= 0.6 is 11.6 Å². The number of aryl methyl sites for hydroxylation is 1. The second kappa shape index (κ2) is 5.57. The fraction of sp³-hybridized carbons (Fsp3) is 0.143. The van der Waals surface area contributed by atoms with Gasteiger partial charge in [-0.3, -0.25) is 5.84 Å². The average Bonchev–Trinajstić information content (AvgIpc) is 2.37. The Morgan fingerprint density at radius 1 is 1.21 bits per heavy atom. The smallest absolute Gasteiger partial charge is 0.126 e. The van der Waals surface area contributed by atoms with Crippen molar-refractivity contribution in [2.75, 3.05) is 5.73 Å². The monoisotopic (exact) mass is 279 g/mol. The third kappa shape index (κ3) is 2.87. The van der Waals surface area contributed by atoms with Gasteiger partial charge in [-0.1, -0.05) is 29.8 Å². The first kappa shape index (κ1) is 13.8. The second-order valence-corrected chi connectivity index (χ2v) is 4.82. The minimum Gasteiger partial charge on any atom is -0.398 e. The summed E-state index contributed by atoms with van der Waals surface area (Å²) < 4.78 is 13.3. The van der Waals surface area contributed by atoms with Gasteiger partial charge in [-0.05, 0) is 41.8 Å². The molecule has 0 aromatic heterocycles. The summed E-state index contributed by atoms with van der Waals surface area (Å²) >= 11 is 5.88. The summed E-state index contributed by atoms with van der Waals surface area (Å²) in [5.41, 5.74) is 11.4. The number of nitrogens with two attached hydrogens (primary N) is 2. The number of benzene rings is 2. The molecule has 5 N–H and O–H groups in total. The Morgan fingerprint density at radius 3 is 2.53 bits per heavy atom. The van der Waals surface area contributed by atoms with Crippen LogP contribution in [0.15, 0.2) is 36.4 Å². The minimum atomic E-state index is -0.309. The summed E-state index contributed by atoms with van der Waals surface area (Å²) in [6.07, 6.45) is 0. The molecule has 0 amide bonds. The Balaban J connectivity index is 2.46. The number of hydrogen-bond donors (Lipinski definition) is 3. The van der Waals surface area contributed by atoms with Crippen molar-refractivity contribution in [2.45, 2.75) is 13.0 Å². The van der Waals surface area contributed by atoms with Crippen LogP contribution in [0.3, 0.4) is 0 Å². The topological polar surface area (TPSA) is 64.1 Å². The third-order valence-electron chi connectivity index (χ3n) is 3.04. The molecule has 100 valence electrons. The Kier molecular flexibility index (Phi) is 4.04. The van der Waals surface area contributed by atoms with Crippen molar-refractivity contribution in [3.63, 3.8) is 0 Å². The molecule has 5 heteroatoms. The van der Waals surface area contributed by atoms with Gasteiger partial charge in [-0.15, -0.1) is 0 Å². The lowest BCUT2D eigenvalue weighted by atomic mass is 9.96. The third-order valence-corrected chi connectivity index (χ3v) is 3.28. The number of halogens is 2. The summed E-state index contributed by atoms with van der Waals surface area (Å²) in [6, 6.07) is 9.75. The molecular weight excluding hydrogens is 265 g/mol. The highest BCUT2D eigenvalue weighted by atomic mass is 35.5. The highest BCUT2D eigenvalue weighted by molar-refractivity contribution is 6.30. The molecule has 1 atom stereocenters. The van der Waals surface area contributed by atoms with Gasteiger partial charge in [0.25, 0.3) is 0 Å². The highest BCUT2D eigenvalue weighted by Gasteiger charge is 2.16. The first-order valence-corrected chi connectivity index (χ1v) is 6.18. The summed E-state index contributed by atoms with van der Waals surface area (Å²) in [4.78, 5) is 0. The van der Waals surface area contributed by atoms with Crippen molar-refractivity contribution in [1.82, 2.24) is 5.43 Å². The zero-order chi connectivity index (χ0) is 14.0. The SMILES string of the molecule is Cc1cc(C(NN)c2ccc(Cl)cc2N)ccc1F. The standard InChI is InChI=1S/C14H15ClFN3/c1-8-6-9(2-5-12(8)16)14(19-18)11-4-3-10(15)7-13(11)17/h2-7,14,19H,17-18H2,1H3. The van der Waals surface area contributed by atoms with Gasteiger partial charge < -0.3 is 5.73 Å². The molecule has 2 aromatic rings. The van der Waals surface area contributed by atoms with Crippen LogP contribution in [0.25, 0.3) is 0 Å². The lowest BCUT2D eigenvalue weighted by Crippen LogP contribution is -2.29. The summed E-state index contributed by atoms with van der Waals surface area (Å²) in [5, 5.41) is 0.562. The van der Waals surface area contributed by atoms with Crippen molar-refractivity contribution in [1.29, 1.82) is 0 Å². The van der Waals surface area contributed by atoms with Crippen LogP contribution in [0.5, 0.6) is 0 Å². The zero-order valence-corrected chi connectivity index (χ0v) is 11.2. The molecule has 0 aliphatic heterocycles. The molecule has 0 saturated heterocycles. The van der Waals surface area contributed by atoms with E-state index in [1.54, 1.807) is 37.3 Å². The van der Waals surface area contributed by atoms with E-state index in [9.17, 15) is 4.39 Å². The van der Waals surface area contributed by atoms with Gasteiger partial charge in [0, 0.05) is 10.7 Å². The predicted octanol–water partition coefficient (Wildman–Crippen LogP) is 2.92. The maximum atomic E-state index is 13.3. The van der Waals surface area contributed by atoms with Crippen LogP contribution in [0, 0.1) is 12.7 Å². The van der Waals surface area contributed by atoms with Crippen molar-refractivity contribution in [3.8, 4) is 0 Å². The van der Waals surface area contributed by atoms with Crippen molar-refractivity contribution in [3.05, 3.63) is 63.9 Å². The molecule has 19 heavy (non-hydrogen) atoms. The first-order chi connectivity index (χ1) is 9.02. The van der Waals surface area contributed by atoms with Gasteiger partial charge in [0.15, 0.2) is 0 Å². The lowest BCUT2D eigenvalue weighted by Gasteiger charge is -2.19. The van der Waals surface area contributed by atoms with Crippen molar-refractivity contribution >= 4 is 17.3 Å². The Morgan fingerprint density at radius 2 is 1.95 bits per heavy atom. The number of hydrogen-bond acceptors (Lipinski definition) is 3. The van der Waals surface area contributed by atoms with Gasteiger partial charge in [-0.25, -0.2) is 9.82 Å². The molecule has 0 fully saturated rings. The molecule has 0 aliphatic carbocycles. The van der Waals surface area contributed by atoms with Gasteiger partial charge in [0.05, 0.1) is 6.04 Å². The number of nitrogens with one attached hydrogen (secondary N) is 1.